The van der Waals surface area contributed by atoms with E-state index in [0.29, 0.717) is 50.4 Å². The predicted molar refractivity (Wildman–Crippen MR) is 157 cm³/mol. The molecule has 0 radical (unpaired) electrons. The van der Waals surface area contributed by atoms with Gasteiger partial charge in [-0.3, -0.25) is 9.80 Å². The molecule has 5 rings (SSSR count). The molecule has 46 heavy (non-hydrogen) atoms. The van der Waals surface area contributed by atoms with Gasteiger partial charge in [0.15, 0.2) is 0 Å². The van der Waals surface area contributed by atoms with Crippen LogP contribution in [0.4, 0.5) is 26.3 Å². The average molecular weight is 691 g/mol. The minimum Gasteiger partial charge on any atom is -0.296 e. The highest BCUT2D eigenvalue weighted by Gasteiger charge is 2.34. The van der Waals surface area contributed by atoms with Gasteiger partial charge in [0.1, 0.15) is 0 Å². The van der Waals surface area contributed by atoms with Gasteiger partial charge in [0.2, 0.25) is 20.0 Å². The molecule has 0 N–H and O–H groups in total. The lowest BCUT2D eigenvalue weighted by Crippen LogP contribution is -2.48. The zero-order valence-electron chi connectivity index (χ0n) is 24.5. The molecule has 16 heteroatoms. The quantitative estimate of drug-likeness (QED) is 0.318. The summed E-state index contributed by atoms with van der Waals surface area (Å²) in [5.74, 6) is 0. The molecule has 0 unspecified atom stereocenters. The standard InChI is InChI=1S/C30H32F6N4O4S2/c31-29(32,33)25-8-4-23(5-9-25)21-37-12-16-39(17-13-37)45(41,42)27-2-1-3-28(20-27)46(43,44)40-18-14-38(15-19-40)22-24-6-10-26(11-7-24)30(34,35)36/h1-11,20H,12-19,21-22H2. The van der Waals surface area contributed by atoms with Gasteiger partial charge in [-0.1, -0.05) is 30.3 Å². The van der Waals surface area contributed by atoms with E-state index in [1.54, 1.807) is 0 Å². The number of sulfonamides is 2. The molecule has 0 aliphatic carbocycles. The third-order valence-corrected chi connectivity index (χ3v) is 11.9. The Morgan fingerprint density at radius 1 is 0.500 bits per heavy atom. The molecule has 2 aliphatic rings. The van der Waals surface area contributed by atoms with Crippen molar-refractivity contribution in [2.24, 2.45) is 0 Å². The van der Waals surface area contributed by atoms with Crippen LogP contribution in [0.2, 0.25) is 0 Å². The normalized spacial score (nSPS) is 18.6. The molecule has 250 valence electrons. The first kappa shape index (κ1) is 34.3. The Morgan fingerprint density at radius 3 is 1.13 bits per heavy atom. The van der Waals surface area contributed by atoms with Crippen molar-refractivity contribution in [3.05, 3.63) is 95.1 Å². The van der Waals surface area contributed by atoms with Crippen molar-refractivity contribution < 1.29 is 43.2 Å². The maximum Gasteiger partial charge on any atom is 0.416 e. The van der Waals surface area contributed by atoms with E-state index < -0.39 is 43.5 Å². The molecule has 3 aromatic carbocycles. The Hall–Kier alpha value is -3.02. The molecule has 0 saturated carbocycles. The maximum absolute atomic E-state index is 13.5. The van der Waals surface area contributed by atoms with Crippen LogP contribution >= 0.6 is 0 Å². The van der Waals surface area contributed by atoms with E-state index in [9.17, 15) is 43.2 Å². The highest BCUT2D eigenvalue weighted by atomic mass is 32.2. The number of nitrogens with zero attached hydrogens (tertiary/aromatic N) is 4. The fraction of sp³-hybridized carbons (Fsp3) is 0.400. The minimum absolute atomic E-state index is 0.126. The van der Waals surface area contributed by atoms with Crippen molar-refractivity contribution in [2.75, 3.05) is 52.4 Å². The number of benzene rings is 3. The molecule has 0 amide bonds. The van der Waals surface area contributed by atoms with Gasteiger partial charge in [0.25, 0.3) is 0 Å². The smallest absolute Gasteiger partial charge is 0.296 e. The summed E-state index contributed by atoms with van der Waals surface area (Å²) in [6.07, 6.45) is -8.85. The van der Waals surface area contributed by atoms with Gasteiger partial charge >= 0.3 is 12.4 Å². The summed E-state index contributed by atoms with van der Waals surface area (Å²) < 4.78 is 133. The van der Waals surface area contributed by atoms with Crippen LogP contribution < -0.4 is 0 Å². The van der Waals surface area contributed by atoms with E-state index in [1.807, 2.05) is 9.80 Å². The van der Waals surface area contributed by atoms with Gasteiger partial charge in [0.05, 0.1) is 20.9 Å². The molecule has 2 heterocycles. The van der Waals surface area contributed by atoms with Crippen LogP contribution in [-0.4, -0.2) is 87.6 Å². The van der Waals surface area contributed by atoms with Gasteiger partial charge in [0, 0.05) is 65.4 Å². The summed E-state index contributed by atoms with van der Waals surface area (Å²) in [7, 11) is -8.06. The average Bonchev–Trinajstić information content (AvgIpc) is 3.01. The fourth-order valence-corrected chi connectivity index (χ4v) is 8.48. The number of rotatable bonds is 8. The molecule has 0 aromatic heterocycles. The molecular formula is C30H32F6N4O4S2. The number of hydrogen-bond donors (Lipinski definition) is 0. The van der Waals surface area contributed by atoms with Crippen LogP contribution in [0, 0.1) is 0 Å². The van der Waals surface area contributed by atoms with Crippen molar-refractivity contribution in [2.45, 2.75) is 35.2 Å². The van der Waals surface area contributed by atoms with E-state index in [0.717, 1.165) is 30.3 Å². The molecule has 2 fully saturated rings. The second-order valence-corrected chi connectivity index (χ2v) is 15.1. The van der Waals surface area contributed by atoms with Crippen LogP contribution in [-0.2, 0) is 45.5 Å². The number of halogens is 6. The zero-order chi connectivity index (χ0) is 33.3. The first-order valence-corrected chi connectivity index (χ1v) is 17.3. The van der Waals surface area contributed by atoms with Crippen LogP contribution in [0.5, 0.6) is 0 Å². The largest absolute Gasteiger partial charge is 0.416 e. The molecule has 2 saturated heterocycles. The second-order valence-electron chi connectivity index (χ2n) is 11.2. The van der Waals surface area contributed by atoms with Crippen LogP contribution in [0.1, 0.15) is 22.3 Å². The summed E-state index contributed by atoms with van der Waals surface area (Å²) in [4.78, 5) is 3.55. The SMILES string of the molecule is O=S(=O)(c1cccc(S(=O)(=O)N2CCN(Cc3ccc(C(F)(F)F)cc3)CC2)c1)N1CCN(Cc2ccc(C(F)(F)F)cc2)CC1. The predicted octanol–water partition coefficient (Wildman–Crippen LogP) is 4.74. The molecule has 3 aromatic rings. The van der Waals surface area contributed by atoms with E-state index >= 15 is 0 Å². The first-order valence-electron chi connectivity index (χ1n) is 14.4. The van der Waals surface area contributed by atoms with E-state index in [-0.39, 0.29) is 36.0 Å². The summed E-state index contributed by atoms with van der Waals surface area (Å²) in [5, 5.41) is 0. The second kappa shape index (κ2) is 13.2. The summed E-state index contributed by atoms with van der Waals surface area (Å²) in [6.45, 7) is 2.59. The number of piperazine rings is 2. The fourth-order valence-electron chi connectivity index (χ4n) is 5.46. The van der Waals surface area contributed by atoms with Crippen LogP contribution in [0.3, 0.4) is 0 Å². The Kier molecular flexibility index (Phi) is 9.88. The summed E-state index contributed by atoms with van der Waals surface area (Å²) >= 11 is 0. The molecule has 2 aliphatic heterocycles. The van der Waals surface area contributed by atoms with Gasteiger partial charge in [-0.2, -0.15) is 35.0 Å². The van der Waals surface area contributed by atoms with E-state index in [2.05, 4.69) is 0 Å². The topological polar surface area (TPSA) is 81.2 Å². The number of hydrogen-bond acceptors (Lipinski definition) is 6. The molecule has 0 spiro atoms. The molecule has 8 nitrogen and oxygen atoms in total. The third-order valence-electron chi connectivity index (χ3n) is 8.12. The summed E-state index contributed by atoms with van der Waals surface area (Å²) in [6, 6.07) is 14.9. The van der Waals surface area contributed by atoms with Crippen molar-refractivity contribution in [1.29, 1.82) is 0 Å². The van der Waals surface area contributed by atoms with Crippen molar-refractivity contribution in [3.8, 4) is 0 Å². The van der Waals surface area contributed by atoms with Gasteiger partial charge in [-0.05, 0) is 53.6 Å². The third kappa shape index (κ3) is 7.91. The van der Waals surface area contributed by atoms with E-state index in [1.165, 1.54) is 51.1 Å². The lowest BCUT2D eigenvalue weighted by molar-refractivity contribution is -0.138. The highest BCUT2D eigenvalue weighted by molar-refractivity contribution is 7.90. The Labute approximate surface area is 263 Å². The zero-order valence-corrected chi connectivity index (χ0v) is 26.1. The Balaban J connectivity index is 1.17. The van der Waals surface area contributed by atoms with Crippen LogP contribution in [0.15, 0.2) is 82.6 Å². The van der Waals surface area contributed by atoms with Gasteiger partial charge < -0.3 is 0 Å². The van der Waals surface area contributed by atoms with E-state index in [4.69, 9.17) is 0 Å². The lowest BCUT2D eigenvalue weighted by Gasteiger charge is -2.34. The Morgan fingerprint density at radius 2 is 0.826 bits per heavy atom. The highest BCUT2D eigenvalue weighted by Crippen LogP contribution is 2.31. The van der Waals surface area contributed by atoms with Gasteiger partial charge in [-0.15, -0.1) is 0 Å². The molecular weight excluding hydrogens is 658 g/mol. The monoisotopic (exact) mass is 690 g/mol. The lowest BCUT2D eigenvalue weighted by atomic mass is 10.1. The summed E-state index contributed by atoms with van der Waals surface area (Å²) in [5.41, 5.74) is -0.143. The van der Waals surface area contributed by atoms with Crippen molar-refractivity contribution in [1.82, 2.24) is 18.4 Å². The number of alkyl halides is 6. The minimum atomic E-state index is -4.43. The molecule has 0 bridgehead atoms. The first-order chi connectivity index (χ1) is 21.5. The van der Waals surface area contributed by atoms with Crippen molar-refractivity contribution >= 4 is 20.0 Å². The molecule has 0 atom stereocenters. The Bertz CT molecular complexity index is 1590. The van der Waals surface area contributed by atoms with Gasteiger partial charge in [-0.25, -0.2) is 16.8 Å². The van der Waals surface area contributed by atoms with Crippen LogP contribution in [0.25, 0.3) is 0 Å². The maximum atomic E-state index is 13.5. The van der Waals surface area contributed by atoms with Crippen molar-refractivity contribution in [3.63, 3.8) is 0 Å².